The first-order valence-electron chi connectivity index (χ1n) is 14.3. The van der Waals surface area contributed by atoms with Crippen LogP contribution < -0.4 is 9.47 Å². The largest absolute Gasteiger partial charge is 0.443 e. The van der Waals surface area contributed by atoms with Crippen molar-refractivity contribution in [3.63, 3.8) is 0 Å². The number of ketones is 1. The van der Waals surface area contributed by atoms with E-state index in [0.29, 0.717) is 22.2 Å². The number of ether oxygens (including phenoxy) is 3. The van der Waals surface area contributed by atoms with Crippen LogP contribution >= 0.6 is 11.6 Å². The molecule has 5 heterocycles. The average Bonchev–Trinajstić information content (AvgIpc) is 3.47. The van der Waals surface area contributed by atoms with E-state index in [9.17, 15) is 4.79 Å². The third-order valence-corrected chi connectivity index (χ3v) is 8.83. The number of hydrogen-bond donors (Lipinski definition) is 0. The molecule has 4 aromatic rings. The van der Waals surface area contributed by atoms with E-state index in [-0.39, 0.29) is 11.9 Å². The molecule has 2 saturated heterocycles. The molecule has 0 saturated carbocycles. The quantitative estimate of drug-likeness (QED) is 0.248. The molecule has 2 aromatic heterocycles. The van der Waals surface area contributed by atoms with Gasteiger partial charge in [0.05, 0.1) is 35.2 Å². The molecule has 2 atom stereocenters. The highest BCUT2D eigenvalue weighted by atomic mass is 35.5. The molecule has 8 nitrogen and oxygen atoms in total. The van der Waals surface area contributed by atoms with Crippen LogP contribution in [0.4, 0.5) is 0 Å². The molecule has 7 rings (SSSR count). The summed E-state index contributed by atoms with van der Waals surface area (Å²) in [6.07, 6.45) is 4.89. The Labute approximate surface area is 244 Å². The number of piperidine rings is 1. The third-order valence-electron chi connectivity index (χ3n) is 8.61. The topological polar surface area (TPSA) is 78.7 Å². The Kier molecular flexibility index (Phi) is 6.72. The lowest BCUT2D eigenvalue weighted by molar-refractivity contribution is -0.0722. The Hall–Kier alpha value is -3.46. The van der Waals surface area contributed by atoms with E-state index >= 15 is 0 Å². The van der Waals surface area contributed by atoms with E-state index in [4.69, 9.17) is 30.8 Å². The summed E-state index contributed by atoms with van der Waals surface area (Å²) < 4.78 is 20.8. The van der Waals surface area contributed by atoms with Crippen molar-refractivity contribution in [2.45, 2.75) is 64.0 Å². The van der Waals surface area contributed by atoms with Crippen molar-refractivity contribution in [2.24, 2.45) is 0 Å². The lowest BCUT2D eigenvalue weighted by atomic mass is 9.88. The monoisotopic (exact) mass is 572 g/mol. The summed E-state index contributed by atoms with van der Waals surface area (Å²) in [5.74, 6) is 2.03. The molecule has 212 valence electrons. The summed E-state index contributed by atoms with van der Waals surface area (Å²) in [5, 5.41) is 0.577. The SMILES string of the molecule is CC(=O)c1ccc2nc(CN3CCC(c4cccc5c4OC(C)(c4ccc(Cl)cn4)O5)CC3)n(CC3CCO3)c2c1. The highest BCUT2D eigenvalue weighted by molar-refractivity contribution is 6.30. The molecule has 0 N–H and O–H groups in total. The zero-order valence-electron chi connectivity index (χ0n) is 23.3. The Morgan fingerprint density at radius 2 is 1.93 bits per heavy atom. The highest BCUT2D eigenvalue weighted by Gasteiger charge is 2.42. The molecule has 0 amide bonds. The minimum Gasteiger partial charge on any atom is -0.443 e. The molecule has 0 radical (unpaired) electrons. The molecule has 9 heteroatoms. The zero-order valence-corrected chi connectivity index (χ0v) is 24.1. The molecule has 0 bridgehead atoms. The smallest absolute Gasteiger partial charge is 0.292 e. The van der Waals surface area contributed by atoms with Crippen LogP contribution in [-0.4, -0.2) is 51.0 Å². The number of aromatic nitrogens is 3. The minimum absolute atomic E-state index is 0.0645. The second-order valence-electron chi connectivity index (χ2n) is 11.4. The van der Waals surface area contributed by atoms with Crippen molar-refractivity contribution >= 4 is 28.4 Å². The molecule has 3 aliphatic heterocycles. The molecule has 3 aliphatic rings. The Balaban J connectivity index is 1.07. The van der Waals surface area contributed by atoms with E-state index < -0.39 is 5.79 Å². The van der Waals surface area contributed by atoms with E-state index in [1.165, 1.54) is 5.56 Å². The fraction of sp³-hybridized carbons (Fsp3) is 0.406. The average molecular weight is 573 g/mol. The van der Waals surface area contributed by atoms with Crippen LogP contribution in [0.25, 0.3) is 11.0 Å². The van der Waals surface area contributed by atoms with E-state index in [1.54, 1.807) is 19.2 Å². The van der Waals surface area contributed by atoms with Gasteiger partial charge in [-0.25, -0.2) is 4.98 Å². The molecule has 0 aliphatic carbocycles. The van der Waals surface area contributed by atoms with Crippen molar-refractivity contribution in [3.05, 3.63) is 82.4 Å². The number of carbonyl (C=O) groups is 1. The summed E-state index contributed by atoms with van der Waals surface area (Å²) in [5.41, 5.74) is 4.52. The second-order valence-corrected chi connectivity index (χ2v) is 11.9. The standard InChI is InChI=1S/C32H33ClN4O4/c1-20(38)22-6-8-26-27(16-22)37(18-24-12-15-39-24)30(35-26)19-36-13-10-21(11-14-36)25-4-3-5-28-31(25)41-32(2,40-28)29-9-7-23(33)17-34-29/h3-9,16-17,21,24H,10-15,18-19H2,1-2H3. The predicted molar refractivity (Wildman–Crippen MR) is 156 cm³/mol. The van der Waals surface area contributed by atoms with Gasteiger partial charge in [0.2, 0.25) is 0 Å². The summed E-state index contributed by atoms with van der Waals surface area (Å²) in [7, 11) is 0. The number of fused-ring (bicyclic) bond motifs is 2. The number of carbonyl (C=O) groups excluding carboxylic acids is 1. The molecule has 0 spiro atoms. The predicted octanol–water partition coefficient (Wildman–Crippen LogP) is 6.10. The second kappa shape index (κ2) is 10.4. The maximum Gasteiger partial charge on any atom is 0.292 e. The normalized spacial score (nSPS) is 22.7. The molecule has 2 fully saturated rings. The van der Waals surface area contributed by atoms with E-state index in [0.717, 1.165) is 80.4 Å². The number of imidazole rings is 1. The van der Waals surface area contributed by atoms with Crippen molar-refractivity contribution in [1.82, 2.24) is 19.4 Å². The molecule has 41 heavy (non-hydrogen) atoms. The van der Waals surface area contributed by atoms with Crippen molar-refractivity contribution in [3.8, 4) is 11.5 Å². The van der Waals surface area contributed by atoms with Crippen molar-refractivity contribution in [2.75, 3.05) is 19.7 Å². The fourth-order valence-corrected chi connectivity index (χ4v) is 6.28. The third kappa shape index (κ3) is 4.98. The number of rotatable bonds is 7. The van der Waals surface area contributed by atoms with Gasteiger partial charge in [-0.05, 0) is 81.6 Å². The van der Waals surface area contributed by atoms with E-state index in [2.05, 4.69) is 20.5 Å². The van der Waals surface area contributed by atoms with Crippen LogP contribution in [-0.2, 0) is 23.6 Å². The van der Waals surface area contributed by atoms with Crippen LogP contribution in [0.3, 0.4) is 0 Å². The summed E-state index contributed by atoms with van der Waals surface area (Å²) in [6, 6.07) is 15.6. The number of halogens is 1. The summed E-state index contributed by atoms with van der Waals surface area (Å²) >= 11 is 6.05. The lowest BCUT2D eigenvalue weighted by Gasteiger charge is -2.33. The van der Waals surface area contributed by atoms with Gasteiger partial charge in [-0.3, -0.25) is 14.7 Å². The summed E-state index contributed by atoms with van der Waals surface area (Å²) in [6.45, 7) is 7.74. The van der Waals surface area contributed by atoms with Gasteiger partial charge in [-0.2, -0.15) is 0 Å². The van der Waals surface area contributed by atoms with Gasteiger partial charge in [0.15, 0.2) is 17.3 Å². The number of nitrogens with zero attached hydrogens (tertiary/aromatic N) is 4. The van der Waals surface area contributed by atoms with Gasteiger partial charge < -0.3 is 18.8 Å². The Bertz CT molecular complexity index is 1610. The first-order valence-corrected chi connectivity index (χ1v) is 14.7. The first kappa shape index (κ1) is 26.4. The summed E-state index contributed by atoms with van der Waals surface area (Å²) in [4.78, 5) is 24.0. The number of benzene rings is 2. The fourth-order valence-electron chi connectivity index (χ4n) is 6.17. The Morgan fingerprint density at radius 3 is 2.63 bits per heavy atom. The number of Topliss-reactive ketones (excluding diaryl/α,β-unsaturated/α-hetero) is 1. The number of hydrogen-bond acceptors (Lipinski definition) is 7. The number of pyridine rings is 1. The minimum atomic E-state index is -0.991. The Morgan fingerprint density at radius 1 is 1.10 bits per heavy atom. The maximum absolute atomic E-state index is 12.1. The van der Waals surface area contributed by atoms with Crippen LogP contribution in [0.5, 0.6) is 11.5 Å². The number of likely N-dealkylation sites (tertiary alicyclic amines) is 1. The number of para-hydroxylation sites is 1. The van der Waals surface area contributed by atoms with Gasteiger partial charge >= 0.3 is 0 Å². The lowest BCUT2D eigenvalue weighted by Crippen LogP contribution is -2.35. The van der Waals surface area contributed by atoms with E-state index in [1.807, 2.05) is 43.3 Å². The van der Waals surface area contributed by atoms with Gasteiger partial charge in [0, 0.05) is 30.9 Å². The van der Waals surface area contributed by atoms with Crippen molar-refractivity contribution in [1.29, 1.82) is 0 Å². The van der Waals surface area contributed by atoms with Gasteiger partial charge in [0.1, 0.15) is 11.5 Å². The van der Waals surface area contributed by atoms with Gasteiger partial charge in [-0.15, -0.1) is 0 Å². The first-order chi connectivity index (χ1) is 19.9. The van der Waals surface area contributed by atoms with Crippen LogP contribution in [0, 0.1) is 0 Å². The highest BCUT2D eigenvalue weighted by Crippen LogP contribution is 2.49. The molecule has 2 aromatic carbocycles. The molecular weight excluding hydrogens is 540 g/mol. The van der Waals surface area contributed by atoms with Crippen LogP contribution in [0.1, 0.15) is 66.5 Å². The molecule has 2 unspecified atom stereocenters. The van der Waals surface area contributed by atoms with Crippen LogP contribution in [0.15, 0.2) is 54.7 Å². The van der Waals surface area contributed by atoms with Crippen molar-refractivity contribution < 1.29 is 19.0 Å². The maximum atomic E-state index is 12.1. The van der Waals surface area contributed by atoms with Gasteiger partial charge in [-0.1, -0.05) is 23.7 Å². The van der Waals surface area contributed by atoms with Gasteiger partial charge in [0.25, 0.3) is 5.79 Å². The van der Waals surface area contributed by atoms with Crippen LogP contribution in [0.2, 0.25) is 5.02 Å². The molecular formula is C32H33ClN4O4. The zero-order chi connectivity index (χ0) is 28.1.